The van der Waals surface area contributed by atoms with Crippen molar-refractivity contribution in [3.63, 3.8) is 0 Å². The number of nitrogens with zero attached hydrogens (tertiary/aromatic N) is 1. The van der Waals surface area contributed by atoms with Gasteiger partial charge in [-0.15, -0.1) is 0 Å². The molecule has 25 heavy (non-hydrogen) atoms. The molecule has 0 bridgehead atoms. The number of rotatable bonds is 1. The standard InChI is InChI=1S/C14H15ClN2O.C7H8/c15-13-11(14(18)5-7-16-8-6-14)9-10-3-1-2-4-12(10)17-13;1-7-5-3-2-4-6-7/h1-4,9,16,18H,5-8H2;2-6H,1H3. The molecule has 0 amide bonds. The molecule has 1 saturated heterocycles. The molecule has 2 aromatic carbocycles. The maximum Gasteiger partial charge on any atom is 0.135 e. The third-order valence-electron chi connectivity index (χ3n) is 4.55. The van der Waals surface area contributed by atoms with Crippen LogP contribution in [0, 0.1) is 6.92 Å². The zero-order chi connectivity index (χ0) is 17.7. The summed E-state index contributed by atoms with van der Waals surface area (Å²) in [6.07, 6.45) is 1.35. The summed E-state index contributed by atoms with van der Waals surface area (Å²) in [5.41, 5.74) is 2.09. The van der Waals surface area contributed by atoms with Gasteiger partial charge in [-0.2, -0.15) is 0 Å². The van der Waals surface area contributed by atoms with E-state index < -0.39 is 5.60 Å². The van der Waals surface area contributed by atoms with Gasteiger partial charge in [0.2, 0.25) is 0 Å². The van der Waals surface area contributed by atoms with Crippen LogP contribution in [-0.2, 0) is 5.60 Å². The van der Waals surface area contributed by atoms with Crippen molar-refractivity contribution in [2.24, 2.45) is 0 Å². The molecular formula is C21H23ClN2O. The summed E-state index contributed by atoms with van der Waals surface area (Å²) in [7, 11) is 0. The van der Waals surface area contributed by atoms with Crippen molar-refractivity contribution in [3.05, 3.63) is 76.9 Å². The molecule has 1 aliphatic heterocycles. The van der Waals surface area contributed by atoms with Crippen molar-refractivity contribution in [2.45, 2.75) is 25.4 Å². The van der Waals surface area contributed by atoms with Crippen LogP contribution in [0.15, 0.2) is 60.7 Å². The zero-order valence-corrected chi connectivity index (χ0v) is 15.1. The van der Waals surface area contributed by atoms with Crippen LogP contribution in [0.5, 0.6) is 0 Å². The van der Waals surface area contributed by atoms with Crippen molar-refractivity contribution in [2.75, 3.05) is 13.1 Å². The summed E-state index contributed by atoms with van der Waals surface area (Å²) < 4.78 is 0. The van der Waals surface area contributed by atoms with Gasteiger partial charge < -0.3 is 10.4 Å². The van der Waals surface area contributed by atoms with Gasteiger partial charge in [-0.05, 0) is 45.0 Å². The second kappa shape index (κ2) is 7.96. The van der Waals surface area contributed by atoms with Crippen LogP contribution in [0.3, 0.4) is 0 Å². The average Bonchev–Trinajstić information content (AvgIpc) is 2.63. The summed E-state index contributed by atoms with van der Waals surface area (Å²) in [6.45, 7) is 3.69. The molecule has 0 atom stereocenters. The number of piperidine rings is 1. The molecule has 130 valence electrons. The van der Waals surface area contributed by atoms with E-state index in [1.54, 1.807) is 0 Å². The summed E-state index contributed by atoms with van der Waals surface area (Å²) in [4.78, 5) is 4.38. The minimum atomic E-state index is -0.848. The Morgan fingerprint density at radius 3 is 2.28 bits per heavy atom. The Hall–Kier alpha value is -1.94. The zero-order valence-electron chi connectivity index (χ0n) is 14.4. The number of fused-ring (bicyclic) bond motifs is 1. The predicted molar refractivity (Wildman–Crippen MR) is 104 cm³/mol. The molecule has 1 aromatic heterocycles. The third kappa shape index (κ3) is 4.37. The van der Waals surface area contributed by atoms with Gasteiger partial charge in [-0.25, -0.2) is 4.98 Å². The molecule has 3 nitrogen and oxygen atoms in total. The van der Waals surface area contributed by atoms with Crippen LogP contribution >= 0.6 is 11.6 Å². The summed E-state index contributed by atoms with van der Waals surface area (Å²) >= 11 is 6.23. The first-order valence-electron chi connectivity index (χ1n) is 8.59. The van der Waals surface area contributed by atoms with Gasteiger partial charge in [0.25, 0.3) is 0 Å². The minimum Gasteiger partial charge on any atom is -0.385 e. The van der Waals surface area contributed by atoms with Crippen LogP contribution in [-0.4, -0.2) is 23.2 Å². The maximum atomic E-state index is 10.7. The number of aryl methyl sites for hydroxylation is 1. The fraction of sp³-hybridized carbons (Fsp3) is 0.286. The Bertz CT molecular complexity index is 830. The first-order valence-corrected chi connectivity index (χ1v) is 8.97. The van der Waals surface area contributed by atoms with Gasteiger partial charge in [-0.3, -0.25) is 0 Å². The molecule has 4 heteroatoms. The minimum absolute atomic E-state index is 0.415. The molecule has 0 radical (unpaired) electrons. The fourth-order valence-electron chi connectivity index (χ4n) is 3.06. The van der Waals surface area contributed by atoms with E-state index in [1.165, 1.54) is 5.56 Å². The van der Waals surface area contributed by atoms with E-state index in [0.29, 0.717) is 18.0 Å². The van der Waals surface area contributed by atoms with E-state index in [2.05, 4.69) is 29.4 Å². The van der Waals surface area contributed by atoms with E-state index in [4.69, 9.17) is 11.6 Å². The van der Waals surface area contributed by atoms with Crippen molar-refractivity contribution in [1.29, 1.82) is 0 Å². The second-order valence-corrected chi connectivity index (χ2v) is 6.81. The van der Waals surface area contributed by atoms with Crippen LogP contribution in [0.2, 0.25) is 5.15 Å². The third-order valence-corrected chi connectivity index (χ3v) is 4.84. The summed E-state index contributed by atoms with van der Waals surface area (Å²) in [6, 6.07) is 20.1. The molecule has 0 spiro atoms. The van der Waals surface area contributed by atoms with E-state index >= 15 is 0 Å². The Kier molecular flexibility index (Phi) is 5.69. The lowest BCUT2D eigenvalue weighted by Gasteiger charge is -2.33. The molecule has 4 rings (SSSR count). The number of para-hydroxylation sites is 1. The Morgan fingerprint density at radius 1 is 1.00 bits per heavy atom. The summed E-state index contributed by atoms with van der Waals surface area (Å²) in [5, 5.41) is 15.4. The number of benzene rings is 2. The quantitative estimate of drug-likeness (QED) is 0.634. The number of aliphatic hydroxyl groups is 1. The largest absolute Gasteiger partial charge is 0.385 e. The predicted octanol–water partition coefficient (Wildman–Crippen LogP) is 4.45. The first-order chi connectivity index (χ1) is 12.1. The highest BCUT2D eigenvalue weighted by atomic mass is 35.5. The van der Waals surface area contributed by atoms with Gasteiger partial charge in [0.05, 0.1) is 11.1 Å². The van der Waals surface area contributed by atoms with E-state index in [1.807, 2.05) is 48.5 Å². The molecule has 2 N–H and O–H groups in total. The number of halogens is 1. The molecule has 1 aliphatic rings. The van der Waals surface area contributed by atoms with E-state index in [0.717, 1.165) is 29.6 Å². The number of hydrogen-bond donors (Lipinski definition) is 2. The van der Waals surface area contributed by atoms with Gasteiger partial charge in [0.1, 0.15) is 5.15 Å². The summed E-state index contributed by atoms with van der Waals surface area (Å²) in [5.74, 6) is 0. The van der Waals surface area contributed by atoms with E-state index in [9.17, 15) is 5.11 Å². The van der Waals surface area contributed by atoms with Crippen LogP contribution in [0.1, 0.15) is 24.0 Å². The lowest BCUT2D eigenvalue weighted by molar-refractivity contribution is 0.00589. The normalized spacial score (nSPS) is 16.1. The van der Waals surface area contributed by atoms with Crippen LogP contribution in [0.25, 0.3) is 10.9 Å². The lowest BCUT2D eigenvalue weighted by atomic mass is 9.85. The van der Waals surface area contributed by atoms with Gasteiger partial charge in [-0.1, -0.05) is 65.7 Å². The number of nitrogens with one attached hydrogen (secondary N) is 1. The Morgan fingerprint density at radius 2 is 1.64 bits per heavy atom. The van der Waals surface area contributed by atoms with Gasteiger partial charge in [0.15, 0.2) is 0 Å². The molecule has 1 fully saturated rings. The number of pyridine rings is 1. The van der Waals surface area contributed by atoms with Crippen molar-refractivity contribution in [1.82, 2.24) is 10.3 Å². The van der Waals surface area contributed by atoms with Crippen molar-refractivity contribution >= 4 is 22.5 Å². The van der Waals surface area contributed by atoms with Crippen LogP contribution in [0.4, 0.5) is 0 Å². The Balaban J connectivity index is 0.000000219. The molecule has 0 saturated carbocycles. The topological polar surface area (TPSA) is 45.2 Å². The molecule has 2 heterocycles. The number of hydrogen-bond acceptors (Lipinski definition) is 3. The highest BCUT2D eigenvalue weighted by Gasteiger charge is 2.33. The van der Waals surface area contributed by atoms with Gasteiger partial charge >= 0.3 is 0 Å². The van der Waals surface area contributed by atoms with Gasteiger partial charge in [0, 0.05) is 10.9 Å². The van der Waals surface area contributed by atoms with Crippen LogP contribution < -0.4 is 5.32 Å². The molecule has 0 aliphatic carbocycles. The highest BCUT2D eigenvalue weighted by molar-refractivity contribution is 6.30. The maximum absolute atomic E-state index is 10.7. The Labute approximate surface area is 153 Å². The second-order valence-electron chi connectivity index (χ2n) is 6.46. The molecular weight excluding hydrogens is 332 g/mol. The molecule has 3 aromatic rings. The van der Waals surface area contributed by atoms with Crippen molar-refractivity contribution in [3.8, 4) is 0 Å². The lowest BCUT2D eigenvalue weighted by Crippen LogP contribution is -2.40. The average molecular weight is 355 g/mol. The monoisotopic (exact) mass is 354 g/mol. The van der Waals surface area contributed by atoms with E-state index in [-0.39, 0.29) is 0 Å². The highest BCUT2D eigenvalue weighted by Crippen LogP contribution is 2.35. The molecule has 0 unspecified atom stereocenters. The van der Waals surface area contributed by atoms with Crippen molar-refractivity contribution < 1.29 is 5.11 Å². The smallest absolute Gasteiger partial charge is 0.135 e. The first kappa shape index (κ1) is 17.9. The number of aromatic nitrogens is 1. The SMILES string of the molecule is Cc1ccccc1.OC1(c2cc3ccccc3nc2Cl)CCNCC1. The fourth-order valence-corrected chi connectivity index (χ4v) is 3.38.